The topological polar surface area (TPSA) is 129 Å². The average molecular weight is 318 g/mol. The molecule has 0 aromatic carbocycles. The second kappa shape index (κ2) is 6.78. The van der Waals surface area contributed by atoms with Crippen LogP contribution in [0, 0.1) is 10.2 Å². The van der Waals surface area contributed by atoms with Crippen LogP contribution in [0.1, 0.15) is 0 Å². The summed E-state index contributed by atoms with van der Waals surface area (Å²) < 4.78 is 35.9. The van der Waals surface area contributed by atoms with Crippen LogP contribution in [0.5, 0.6) is 0 Å². The Morgan fingerprint density at radius 1 is 0.952 bits per heavy atom. The van der Waals surface area contributed by atoms with Gasteiger partial charge in [-0.15, -0.1) is 10.2 Å². The molecule has 0 aliphatic rings. The van der Waals surface area contributed by atoms with Crippen LogP contribution >= 0.6 is 0 Å². The average Bonchev–Trinajstić information content (AvgIpc) is 2.35. The first-order valence-corrected chi connectivity index (χ1v) is 6.98. The lowest BCUT2D eigenvalue weighted by Crippen LogP contribution is -2.68. The third-order valence-electron chi connectivity index (χ3n) is 2.27. The van der Waals surface area contributed by atoms with Gasteiger partial charge in [-0.2, -0.15) is 4.40 Å². The number of halogens is 1. The molecule has 10 heteroatoms. The molecule has 0 N–H and O–H groups in total. The van der Waals surface area contributed by atoms with Crippen LogP contribution in [0.15, 0.2) is 24.4 Å². The maximum Gasteiger partial charge on any atom is 0.358 e. The fraction of sp³-hybridized carbons (Fsp3) is 0.364. The Bertz CT molecular complexity index is 597. The van der Waals surface area contributed by atoms with Gasteiger partial charge in [0.15, 0.2) is 0 Å². The summed E-state index contributed by atoms with van der Waals surface area (Å²) in [6, 6.07) is 5.92. The van der Waals surface area contributed by atoms with Crippen LogP contribution in [-0.2, 0) is 0 Å². The van der Waals surface area contributed by atoms with Gasteiger partial charge < -0.3 is 4.90 Å². The summed E-state index contributed by atoms with van der Waals surface area (Å²) in [6.45, 7) is 0. The predicted octanol–water partition coefficient (Wildman–Crippen LogP) is -4.41. The predicted molar refractivity (Wildman–Crippen MR) is 63.8 cm³/mol. The number of rotatable bonds is 2. The monoisotopic (exact) mass is 317 g/mol. The number of hydrogen-bond donors (Lipinski definition) is 0. The summed E-state index contributed by atoms with van der Waals surface area (Å²) in [5, 5.41) is 0. The second-order valence-electron chi connectivity index (χ2n) is 4.42. The summed E-state index contributed by atoms with van der Waals surface area (Å²) in [7, 11) is 2.88. The highest BCUT2D eigenvalue weighted by Gasteiger charge is 2.17. The van der Waals surface area contributed by atoms with Crippen molar-refractivity contribution < 1.29 is 33.3 Å². The zero-order valence-electron chi connectivity index (χ0n) is 12.1. The van der Waals surface area contributed by atoms with E-state index in [1.54, 1.807) is 0 Å². The molecule has 0 radical (unpaired) electrons. The van der Waals surface area contributed by atoms with Crippen LogP contribution in [0.2, 0.25) is 0 Å². The maximum absolute atomic E-state index is 8.49. The molecule has 116 valence electrons. The molecule has 0 amide bonds. The molecular weight excluding hydrogens is 302 g/mol. The van der Waals surface area contributed by atoms with Crippen molar-refractivity contribution in [3.8, 4) is 0 Å². The molecule has 0 spiro atoms. The minimum atomic E-state index is -4.94. The smallest absolute Gasteiger partial charge is 0.326 e. The fourth-order valence-corrected chi connectivity index (χ4v) is 1.48. The molecule has 21 heavy (non-hydrogen) atoms. The number of nitrogens with zero attached hydrogens (tertiary/aromatic N) is 5. The first-order valence-electron chi connectivity index (χ1n) is 5.74. The summed E-state index contributed by atoms with van der Waals surface area (Å²) >= 11 is 0. The third kappa shape index (κ3) is 5.61. The van der Waals surface area contributed by atoms with E-state index < -0.39 is 10.2 Å². The molecule has 0 aliphatic carbocycles. The van der Waals surface area contributed by atoms with Gasteiger partial charge in [-0.3, -0.25) is 4.90 Å². The van der Waals surface area contributed by atoms with Crippen LogP contribution in [0.3, 0.4) is 0 Å². The lowest BCUT2D eigenvalue weighted by molar-refractivity contribution is -2.00. The highest BCUT2D eigenvalue weighted by molar-refractivity contribution is 5.41. The Hall–Kier alpha value is -1.78. The van der Waals surface area contributed by atoms with Crippen LogP contribution in [-0.4, -0.2) is 38.2 Å². The molecule has 0 saturated heterocycles. The summed E-state index contributed by atoms with van der Waals surface area (Å²) in [5.41, 5.74) is 0.893. The standard InChI is InChI=1S/C11H16N5.ClHO4/c1-14(2)10-12-9-7-5-6-8-16(9)11(13-10)15(3)4;2-1(3,4)5/h5-8H,1-4H3;(H,2,3,4,5)/q+1;/p-1. The van der Waals surface area contributed by atoms with E-state index in [1.165, 1.54) is 0 Å². The molecular formula is C11H16ClN5O4. The quantitative estimate of drug-likeness (QED) is 0.508. The third-order valence-corrected chi connectivity index (χ3v) is 2.27. The lowest BCUT2D eigenvalue weighted by atomic mass is 10.4. The lowest BCUT2D eigenvalue weighted by Gasteiger charge is -2.17. The van der Waals surface area contributed by atoms with Gasteiger partial charge >= 0.3 is 11.9 Å². The van der Waals surface area contributed by atoms with Crippen LogP contribution in [0.4, 0.5) is 11.9 Å². The van der Waals surface area contributed by atoms with Gasteiger partial charge in [-0.05, 0) is 6.07 Å². The highest BCUT2D eigenvalue weighted by atomic mass is 35.7. The van der Waals surface area contributed by atoms with Gasteiger partial charge in [0.2, 0.25) is 5.65 Å². The molecule has 2 heterocycles. The first kappa shape index (κ1) is 17.3. The molecule has 2 aromatic heterocycles. The van der Waals surface area contributed by atoms with Gasteiger partial charge in [0.1, 0.15) is 0 Å². The van der Waals surface area contributed by atoms with E-state index >= 15 is 0 Å². The van der Waals surface area contributed by atoms with Gasteiger partial charge in [-0.1, -0.05) is 16.0 Å². The van der Waals surface area contributed by atoms with E-state index in [0.29, 0.717) is 0 Å². The molecule has 9 nitrogen and oxygen atoms in total. The Morgan fingerprint density at radius 3 is 2.00 bits per heavy atom. The SMILES string of the molecule is CN(C)c1nc(N(C)C)[n+]2ccccc2n1.[O-][Cl+3]([O-])([O-])[O-]. The number of hydrogen-bond acceptors (Lipinski definition) is 8. The van der Waals surface area contributed by atoms with Crippen molar-refractivity contribution in [1.82, 2.24) is 9.97 Å². The fourth-order valence-electron chi connectivity index (χ4n) is 1.48. The van der Waals surface area contributed by atoms with E-state index in [9.17, 15) is 0 Å². The van der Waals surface area contributed by atoms with Gasteiger partial charge in [-0.25, -0.2) is 18.6 Å². The molecule has 0 bridgehead atoms. The van der Waals surface area contributed by atoms with E-state index in [1.807, 2.05) is 66.8 Å². The van der Waals surface area contributed by atoms with Crippen molar-refractivity contribution >= 4 is 17.5 Å². The highest BCUT2D eigenvalue weighted by Crippen LogP contribution is 2.08. The molecule has 2 rings (SSSR count). The summed E-state index contributed by atoms with van der Waals surface area (Å²) in [5.74, 6) is 1.59. The zero-order valence-corrected chi connectivity index (χ0v) is 12.8. The molecule has 0 fully saturated rings. The van der Waals surface area contributed by atoms with Crippen molar-refractivity contribution in [1.29, 1.82) is 0 Å². The molecule has 0 saturated carbocycles. The maximum atomic E-state index is 8.49. The minimum absolute atomic E-state index is 0.718. The molecule has 0 unspecified atom stereocenters. The molecule has 0 aliphatic heterocycles. The first-order chi connectivity index (χ1) is 9.59. The second-order valence-corrected chi connectivity index (χ2v) is 5.18. The van der Waals surface area contributed by atoms with Gasteiger partial charge in [0, 0.05) is 34.3 Å². The number of pyridine rings is 1. The Labute approximate surface area is 124 Å². The van der Waals surface area contributed by atoms with E-state index in [4.69, 9.17) is 18.6 Å². The summed E-state index contributed by atoms with van der Waals surface area (Å²) in [6.07, 6.45) is 1.96. The van der Waals surface area contributed by atoms with Gasteiger partial charge in [0.25, 0.3) is 0 Å². The van der Waals surface area contributed by atoms with Crippen molar-refractivity contribution in [2.24, 2.45) is 0 Å². The Morgan fingerprint density at radius 2 is 1.52 bits per heavy atom. The van der Waals surface area contributed by atoms with E-state index in [0.717, 1.165) is 17.5 Å². The minimum Gasteiger partial charge on any atom is -0.326 e. The zero-order chi connectivity index (χ0) is 16.2. The van der Waals surface area contributed by atoms with Crippen molar-refractivity contribution in [2.75, 3.05) is 38.0 Å². The number of anilines is 2. The van der Waals surface area contributed by atoms with Crippen molar-refractivity contribution in [3.63, 3.8) is 0 Å². The van der Waals surface area contributed by atoms with E-state index in [-0.39, 0.29) is 0 Å². The molecule has 2 aromatic rings. The van der Waals surface area contributed by atoms with E-state index in [2.05, 4.69) is 9.97 Å². The Balaban J connectivity index is 0.000000383. The van der Waals surface area contributed by atoms with Gasteiger partial charge in [0.05, 0.1) is 6.20 Å². The molecule has 0 atom stereocenters. The Kier molecular flexibility index (Phi) is 5.58. The summed E-state index contributed by atoms with van der Waals surface area (Å²) in [4.78, 5) is 12.8. The normalized spacial score (nSPS) is 10.9. The largest absolute Gasteiger partial charge is 0.358 e. The van der Waals surface area contributed by atoms with Crippen LogP contribution < -0.4 is 32.8 Å². The van der Waals surface area contributed by atoms with Crippen molar-refractivity contribution in [2.45, 2.75) is 0 Å². The van der Waals surface area contributed by atoms with Crippen molar-refractivity contribution in [3.05, 3.63) is 24.4 Å². The number of fused-ring (bicyclic) bond motifs is 1. The number of aromatic nitrogens is 3. The van der Waals surface area contributed by atoms with Crippen LogP contribution in [0.25, 0.3) is 5.65 Å².